The van der Waals surface area contributed by atoms with E-state index in [4.69, 9.17) is 4.74 Å². The van der Waals surface area contributed by atoms with Gasteiger partial charge in [-0.05, 0) is 38.5 Å². The van der Waals surface area contributed by atoms with Gasteiger partial charge in [0.1, 0.15) is 0 Å². The van der Waals surface area contributed by atoms with Crippen LogP contribution in [0.15, 0.2) is 12.2 Å². The number of carbonyl (C=O) groups excluding carboxylic acids is 1. The van der Waals surface area contributed by atoms with Crippen LogP contribution >= 0.6 is 0 Å². The molecule has 322 valence electrons. The van der Waals surface area contributed by atoms with Gasteiger partial charge in [-0.2, -0.15) is 0 Å². The zero-order chi connectivity index (χ0) is 38.9. The van der Waals surface area contributed by atoms with Crippen LogP contribution in [0.2, 0.25) is 0 Å². The molecular weight excluding hydrogens is 657 g/mol. The summed E-state index contributed by atoms with van der Waals surface area (Å²) in [5, 5.41) is 0. The Labute approximate surface area is 342 Å². The van der Waals surface area contributed by atoms with Gasteiger partial charge in [0, 0.05) is 6.42 Å². The van der Waals surface area contributed by atoms with Gasteiger partial charge in [-0.25, -0.2) is 0 Å². The van der Waals surface area contributed by atoms with Crippen LogP contribution in [-0.4, -0.2) is 12.6 Å². The number of hydrogen-bond donors (Lipinski definition) is 0. The lowest BCUT2D eigenvalue weighted by Gasteiger charge is -2.06. The van der Waals surface area contributed by atoms with Gasteiger partial charge >= 0.3 is 5.97 Å². The molecule has 0 heterocycles. The van der Waals surface area contributed by atoms with Crippen LogP contribution in [0.4, 0.5) is 0 Å². The molecule has 0 unspecified atom stereocenters. The second-order valence-electron chi connectivity index (χ2n) is 17.5. The molecule has 0 aliphatic heterocycles. The Hall–Kier alpha value is -0.790. The van der Waals surface area contributed by atoms with Crippen molar-refractivity contribution < 1.29 is 9.53 Å². The zero-order valence-electron chi connectivity index (χ0n) is 37.7. The summed E-state index contributed by atoms with van der Waals surface area (Å²) in [6.45, 7) is 5.21. The van der Waals surface area contributed by atoms with E-state index < -0.39 is 0 Å². The molecule has 0 spiro atoms. The number of unbranched alkanes of at least 4 members (excludes halogenated alkanes) is 42. The molecular formula is C52H102O2. The third kappa shape index (κ3) is 49.2. The Morgan fingerprint density at radius 2 is 0.519 bits per heavy atom. The highest BCUT2D eigenvalue weighted by molar-refractivity contribution is 5.69. The summed E-state index contributed by atoms with van der Waals surface area (Å²) in [5.41, 5.74) is 0. The topological polar surface area (TPSA) is 26.3 Å². The maximum atomic E-state index is 12.0. The summed E-state index contributed by atoms with van der Waals surface area (Å²) in [7, 11) is 0. The number of allylic oxidation sites excluding steroid dienone is 2. The molecule has 0 aliphatic rings. The van der Waals surface area contributed by atoms with Crippen molar-refractivity contribution in [3.05, 3.63) is 12.2 Å². The number of hydrogen-bond acceptors (Lipinski definition) is 2. The number of esters is 1. The SMILES string of the molecule is CCCCCC/C=C\CCCCCCCC(=O)OCCCCCCCCCCCCCCCCCCCCCCCCCCCCCCCCCCCC. The maximum absolute atomic E-state index is 12.0. The molecule has 0 aromatic carbocycles. The molecule has 2 heteroatoms. The first-order chi connectivity index (χ1) is 26.8. The van der Waals surface area contributed by atoms with E-state index in [1.807, 2.05) is 0 Å². The molecule has 0 N–H and O–H groups in total. The maximum Gasteiger partial charge on any atom is 0.305 e. The molecule has 0 aliphatic carbocycles. The lowest BCUT2D eigenvalue weighted by atomic mass is 10.0. The fraction of sp³-hybridized carbons (Fsp3) is 0.942. The van der Waals surface area contributed by atoms with Crippen molar-refractivity contribution in [1.82, 2.24) is 0 Å². The number of carbonyl (C=O) groups is 1. The number of ether oxygens (including phenoxy) is 1. The monoisotopic (exact) mass is 759 g/mol. The van der Waals surface area contributed by atoms with Crippen molar-refractivity contribution in [1.29, 1.82) is 0 Å². The molecule has 0 aromatic rings. The lowest BCUT2D eigenvalue weighted by Crippen LogP contribution is -2.05. The van der Waals surface area contributed by atoms with E-state index in [0.29, 0.717) is 13.0 Å². The van der Waals surface area contributed by atoms with Gasteiger partial charge in [0.15, 0.2) is 0 Å². The fourth-order valence-electron chi connectivity index (χ4n) is 8.08. The van der Waals surface area contributed by atoms with Crippen LogP contribution in [-0.2, 0) is 9.53 Å². The van der Waals surface area contributed by atoms with Crippen molar-refractivity contribution in [3.63, 3.8) is 0 Å². The smallest absolute Gasteiger partial charge is 0.305 e. The molecule has 0 atom stereocenters. The highest BCUT2D eigenvalue weighted by atomic mass is 16.5. The van der Waals surface area contributed by atoms with E-state index in [1.54, 1.807) is 0 Å². The normalized spacial score (nSPS) is 11.7. The fourth-order valence-corrected chi connectivity index (χ4v) is 8.08. The molecule has 0 amide bonds. The van der Waals surface area contributed by atoms with Crippen molar-refractivity contribution in [3.8, 4) is 0 Å². The van der Waals surface area contributed by atoms with Crippen LogP contribution in [0, 0.1) is 0 Å². The van der Waals surface area contributed by atoms with Gasteiger partial charge in [0.05, 0.1) is 6.61 Å². The van der Waals surface area contributed by atoms with E-state index >= 15 is 0 Å². The van der Waals surface area contributed by atoms with Crippen LogP contribution in [0.5, 0.6) is 0 Å². The Morgan fingerprint density at radius 1 is 0.296 bits per heavy atom. The first kappa shape index (κ1) is 53.2. The first-order valence-corrected chi connectivity index (χ1v) is 25.6. The quantitative estimate of drug-likeness (QED) is 0.0351. The Balaban J connectivity index is 3.13. The van der Waals surface area contributed by atoms with Gasteiger partial charge in [-0.3, -0.25) is 4.79 Å². The van der Waals surface area contributed by atoms with Gasteiger partial charge in [-0.15, -0.1) is 0 Å². The van der Waals surface area contributed by atoms with Gasteiger partial charge in [0.2, 0.25) is 0 Å². The predicted octanol–water partition coefficient (Wildman–Crippen LogP) is 19.1. The zero-order valence-corrected chi connectivity index (χ0v) is 37.7. The molecule has 0 saturated heterocycles. The summed E-state index contributed by atoms with van der Waals surface area (Å²) in [6, 6.07) is 0. The third-order valence-electron chi connectivity index (χ3n) is 11.9. The van der Waals surface area contributed by atoms with Crippen molar-refractivity contribution in [2.24, 2.45) is 0 Å². The predicted molar refractivity (Wildman–Crippen MR) is 244 cm³/mol. The van der Waals surface area contributed by atoms with E-state index in [2.05, 4.69) is 26.0 Å². The lowest BCUT2D eigenvalue weighted by molar-refractivity contribution is -0.143. The molecule has 0 bridgehead atoms. The summed E-state index contributed by atoms with van der Waals surface area (Å²) < 4.78 is 5.47. The summed E-state index contributed by atoms with van der Waals surface area (Å²) in [4.78, 5) is 12.0. The molecule has 0 saturated carbocycles. The van der Waals surface area contributed by atoms with Crippen LogP contribution < -0.4 is 0 Å². The average Bonchev–Trinajstić information content (AvgIpc) is 3.18. The van der Waals surface area contributed by atoms with Gasteiger partial charge < -0.3 is 4.74 Å². The van der Waals surface area contributed by atoms with Crippen molar-refractivity contribution in [2.45, 2.75) is 309 Å². The molecule has 0 aromatic heterocycles. The van der Waals surface area contributed by atoms with Crippen molar-refractivity contribution in [2.75, 3.05) is 6.61 Å². The summed E-state index contributed by atoms with van der Waals surface area (Å²) in [5.74, 6) is 0.0204. The average molecular weight is 759 g/mol. The molecule has 0 rings (SSSR count). The van der Waals surface area contributed by atoms with Crippen molar-refractivity contribution >= 4 is 5.97 Å². The molecule has 0 fully saturated rings. The molecule has 0 radical (unpaired) electrons. The largest absolute Gasteiger partial charge is 0.466 e. The highest BCUT2D eigenvalue weighted by Crippen LogP contribution is 2.17. The molecule has 2 nitrogen and oxygen atoms in total. The van der Waals surface area contributed by atoms with Crippen LogP contribution in [0.25, 0.3) is 0 Å². The first-order valence-electron chi connectivity index (χ1n) is 25.6. The Kier molecular flexibility index (Phi) is 49.5. The van der Waals surface area contributed by atoms with E-state index in [0.717, 1.165) is 19.3 Å². The number of rotatable bonds is 48. The van der Waals surface area contributed by atoms with E-state index in [9.17, 15) is 4.79 Å². The minimum Gasteiger partial charge on any atom is -0.466 e. The molecule has 54 heavy (non-hydrogen) atoms. The highest BCUT2D eigenvalue weighted by Gasteiger charge is 2.03. The standard InChI is InChI=1S/C52H102O2/c1-3-5-7-9-11-13-15-17-18-19-20-21-22-23-24-25-26-27-28-29-30-31-32-33-34-35-36-37-39-41-43-45-47-49-51-54-52(53)50-48-46-44-42-40-38-16-14-12-10-8-6-4-2/h14,16H,3-13,15,17-51H2,1-2H3/b16-14-. The Bertz CT molecular complexity index is 698. The second kappa shape index (κ2) is 50.2. The van der Waals surface area contributed by atoms with E-state index in [-0.39, 0.29) is 5.97 Å². The minimum absolute atomic E-state index is 0.0204. The second-order valence-corrected chi connectivity index (χ2v) is 17.5. The van der Waals surface area contributed by atoms with Gasteiger partial charge in [0.25, 0.3) is 0 Å². The minimum atomic E-state index is 0.0204. The van der Waals surface area contributed by atoms with E-state index in [1.165, 1.54) is 270 Å². The van der Waals surface area contributed by atoms with Gasteiger partial charge in [-0.1, -0.05) is 276 Å². The Morgan fingerprint density at radius 3 is 0.815 bits per heavy atom. The summed E-state index contributed by atoms with van der Waals surface area (Å²) in [6.07, 6.45) is 68.0. The summed E-state index contributed by atoms with van der Waals surface area (Å²) >= 11 is 0. The van der Waals surface area contributed by atoms with Crippen LogP contribution in [0.1, 0.15) is 309 Å². The van der Waals surface area contributed by atoms with Crippen LogP contribution in [0.3, 0.4) is 0 Å². The third-order valence-corrected chi connectivity index (χ3v) is 11.9.